The van der Waals surface area contributed by atoms with Gasteiger partial charge in [-0.3, -0.25) is 0 Å². The van der Waals surface area contributed by atoms with Crippen LogP contribution in [0.2, 0.25) is 0 Å². The van der Waals surface area contributed by atoms with E-state index in [0.717, 1.165) is 58.7 Å². The molecule has 0 fully saturated rings. The van der Waals surface area contributed by atoms with Gasteiger partial charge in [-0.1, -0.05) is 204 Å². The second-order valence-electron chi connectivity index (χ2n) is 28.1. The standard InChI is InChI=1S/C15H22N2.C14H19N.C13H17NO.C12H15N.C12H14O.C9H8.2C4H10/c1-6-17-14-8-7-12(10(2)3)9-13(14)16-15(17)11(4)5;1-10(2)13-6-5-12-7-8-15(11(3)4)14(12)9-13;1-8(2)10-5-6-12-11(7-10)14-13(15-12)9(3)4;1-9(2)13-8-7-11-10(3)5-4-6-12(11)13;1-8(2)10-4-5-12-11(7-10)6-9(3)13-12;1-2-5-9-7-3-6-8(9)4-1;2*1-4(2)3/h7-11H,6H2,1-5H3;5-11H,1-4H3;5-9H,1-4H3;4-9H,1-3H3;4-8H,1-3H3;1-6H,7H2;2*4H,1-3H3. The second kappa shape index (κ2) is 34.7. The number of hydrogen-bond donors (Lipinski definition) is 0. The Hall–Kier alpha value is -7.38. The van der Waals surface area contributed by atoms with Gasteiger partial charge >= 0.3 is 0 Å². The third kappa shape index (κ3) is 21.1. The molecule has 1 aliphatic rings. The van der Waals surface area contributed by atoms with Gasteiger partial charge in [0.2, 0.25) is 0 Å². The minimum atomic E-state index is 0.347. The van der Waals surface area contributed by atoms with Crippen molar-refractivity contribution in [2.75, 3.05) is 0 Å². The molecule has 0 unspecified atom stereocenters. The Morgan fingerprint density at radius 3 is 1.53 bits per heavy atom. The summed E-state index contributed by atoms with van der Waals surface area (Å²) in [5.41, 5.74) is 17.6. The molecule has 0 radical (unpaired) electrons. The molecule has 0 amide bonds. The van der Waals surface area contributed by atoms with E-state index in [2.05, 4.69) is 337 Å². The summed E-state index contributed by atoms with van der Waals surface area (Å²) in [4.78, 5) is 9.28. The molecule has 5 aromatic heterocycles. The van der Waals surface area contributed by atoms with Crippen LogP contribution < -0.4 is 0 Å². The highest BCUT2D eigenvalue weighted by atomic mass is 16.3. The fraction of sp³-hybridized carbons (Fsp3) is 0.446. The van der Waals surface area contributed by atoms with Gasteiger partial charge in [0.15, 0.2) is 11.5 Å². The lowest BCUT2D eigenvalue weighted by atomic mass is 10.0. The Morgan fingerprint density at radius 1 is 0.433 bits per heavy atom. The van der Waals surface area contributed by atoms with Crippen LogP contribution in [0.4, 0.5) is 0 Å². The van der Waals surface area contributed by atoms with E-state index in [9.17, 15) is 0 Å². The normalized spacial score (nSPS) is 11.7. The summed E-state index contributed by atoms with van der Waals surface area (Å²) in [7, 11) is 0. The topological polar surface area (TPSA) is 66.8 Å². The minimum absolute atomic E-state index is 0.347. The van der Waals surface area contributed by atoms with Crippen molar-refractivity contribution in [3.8, 4) is 0 Å². The smallest absolute Gasteiger partial charge is 0.198 e. The van der Waals surface area contributed by atoms with Gasteiger partial charge in [0.1, 0.15) is 22.7 Å². The lowest BCUT2D eigenvalue weighted by Crippen LogP contribution is -2.03. The highest BCUT2D eigenvalue weighted by molar-refractivity contribution is 5.84. The number of fused-ring (bicyclic) bond motifs is 6. The Kier molecular flexibility index (Phi) is 28.3. The first-order valence-corrected chi connectivity index (χ1v) is 33.8. The summed E-state index contributed by atoms with van der Waals surface area (Å²) in [6, 6.07) is 48.6. The van der Waals surface area contributed by atoms with Gasteiger partial charge in [-0.05, 0) is 201 Å². The molecule has 11 aromatic rings. The van der Waals surface area contributed by atoms with Gasteiger partial charge in [0, 0.05) is 64.7 Å². The first-order valence-electron chi connectivity index (χ1n) is 33.8. The van der Waals surface area contributed by atoms with Crippen LogP contribution in [0.5, 0.6) is 0 Å². The minimum Gasteiger partial charge on any atom is -0.461 e. The molecule has 0 N–H and O–H groups in total. The quantitative estimate of drug-likeness (QED) is 0.144. The van der Waals surface area contributed by atoms with E-state index >= 15 is 0 Å². The van der Waals surface area contributed by atoms with Crippen molar-refractivity contribution < 1.29 is 8.83 Å². The molecule has 7 heteroatoms. The number of aromatic nitrogens is 5. The molecule has 5 heterocycles. The molecule has 0 atom stereocenters. The third-order valence-electron chi connectivity index (χ3n) is 15.4. The van der Waals surface area contributed by atoms with Crippen molar-refractivity contribution in [2.45, 2.75) is 234 Å². The second-order valence-corrected chi connectivity index (χ2v) is 28.1. The van der Waals surface area contributed by atoms with Crippen LogP contribution in [0, 0.1) is 25.7 Å². The van der Waals surface area contributed by atoms with E-state index in [0.29, 0.717) is 47.6 Å². The van der Waals surface area contributed by atoms with E-state index < -0.39 is 0 Å². The van der Waals surface area contributed by atoms with Gasteiger partial charge in [-0.15, -0.1) is 0 Å². The molecule has 12 rings (SSSR count). The average molecular weight is 1210 g/mol. The molecular formula is C83H115N5O2. The van der Waals surface area contributed by atoms with Gasteiger partial charge in [0.05, 0.1) is 11.0 Å². The summed E-state index contributed by atoms with van der Waals surface area (Å²) in [5, 5.41) is 3.92. The van der Waals surface area contributed by atoms with Crippen LogP contribution in [0.1, 0.15) is 263 Å². The molecule has 6 aromatic carbocycles. The van der Waals surface area contributed by atoms with Crippen molar-refractivity contribution >= 4 is 61.0 Å². The molecule has 7 nitrogen and oxygen atoms in total. The van der Waals surface area contributed by atoms with Gasteiger partial charge in [-0.25, -0.2) is 9.97 Å². The molecule has 484 valence electrons. The Balaban J connectivity index is 0.000000193. The highest BCUT2D eigenvalue weighted by Gasteiger charge is 2.15. The number of rotatable bonds is 9. The largest absolute Gasteiger partial charge is 0.461 e. The number of allylic oxidation sites excluding steroid dienone is 1. The van der Waals surface area contributed by atoms with E-state index in [1.807, 2.05) is 13.0 Å². The zero-order valence-electron chi connectivity index (χ0n) is 60.3. The van der Waals surface area contributed by atoms with Crippen LogP contribution in [0.3, 0.4) is 0 Å². The van der Waals surface area contributed by atoms with Crippen LogP contribution in [0.15, 0.2) is 161 Å². The summed E-state index contributed by atoms with van der Waals surface area (Å²) in [5.74, 6) is 7.78. The van der Waals surface area contributed by atoms with E-state index in [4.69, 9.17) is 13.8 Å². The summed E-state index contributed by atoms with van der Waals surface area (Å²) in [6.07, 6.45) is 9.85. The SMILES string of the molecule is C1=Cc2ccccc2C1.CC(C)C.CC(C)C.CC(C)c1ccc2ccn(C(C)C)c2c1.CC(C)c1ccc2oc(C(C)C)nc2c1.CCn1c(C(C)C)nc2cc(C(C)C)ccc21.Cc1cc2cc(C(C)C)ccc2o1.Cc1cccc2c1ccn2C(C)C. The zero-order chi connectivity index (χ0) is 66.7. The fourth-order valence-corrected chi connectivity index (χ4v) is 10.4. The van der Waals surface area contributed by atoms with Crippen LogP contribution >= 0.6 is 0 Å². The Bertz CT molecular complexity index is 3920. The average Bonchev–Trinajstić information content (AvgIpc) is 1.93. The maximum absolute atomic E-state index is 5.65. The van der Waals surface area contributed by atoms with E-state index in [-0.39, 0.29) is 0 Å². The number of hydrogen-bond acceptors (Lipinski definition) is 4. The number of imidazole rings is 1. The van der Waals surface area contributed by atoms with E-state index in [1.54, 1.807) is 0 Å². The van der Waals surface area contributed by atoms with Crippen LogP contribution in [-0.4, -0.2) is 23.7 Å². The molecule has 0 spiro atoms. The number of benzene rings is 6. The Morgan fingerprint density at radius 2 is 0.967 bits per heavy atom. The van der Waals surface area contributed by atoms with Crippen molar-refractivity contribution in [3.05, 3.63) is 208 Å². The number of nitrogens with zero attached hydrogens (tertiary/aromatic N) is 5. The van der Waals surface area contributed by atoms with Crippen LogP contribution in [-0.2, 0) is 13.0 Å². The number of oxazole rings is 1. The molecular weight excluding hydrogens is 1100 g/mol. The Labute approximate surface area is 544 Å². The molecule has 90 heavy (non-hydrogen) atoms. The molecule has 0 saturated heterocycles. The molecule has 0 aliphatic heterocycles. The summed E-state index contributed by atoms with van der Waals surface area (Å²) < 4.78 is 18.1. The first-order chi connectivity index (χ1) is 42.5. The maximum Gasteiger partial charge on any atom is 0.198 e. The van der Waals surface area contributed by atoms with Crippen molar-refractivity contribution in [1.29, 1.82) is 0 Å². The lowest BCUT2D eigenvalue weighted by Gasteiger charge is -2.11. The zero-order valence-corrected chi connectivity index (χ0v) is 60.3. The van der Waals surface area contributed by atoms with Gasteiger partial charge in [0.25, 0.3) is 0 Å². The highest BCUT2D eigenvalue weighted by Crippen LogP contribution is 2.30. The number of furan rings is 1. The fourth-order valence-electron chi connectivity index (χ4n) is 10.4. The van der Waals surface area contributed by atoms with Gasteiger partial charge < -0.3 is 22.5 Å². The van der Waals surface area contributed by atoms with Gasteiger partial charge in [-0.2, -0.15) is 0 Å². The monoisotopic (exact) mass is 1210 g/mol. The predicted molar refractivity (Wildman–Crippen MR) is 394 cm³/mol. The van der Waals surface area contributed by atoms with Crippen molar-refractivity contribution in [1.82, 2.24) is 23.7 Å². The summed E-state index contributed by atoms with van der Waals surface area (Å²) in [6.45, 7) is 55.5. The third-order valence-corrected chi connectivity index (χ3v) is 15.4. The summed E-state index contributed by atoms with van der Waals surface area (Å²) >= 11 is 0. The van der Waals surface area contributed by atoms with Crippen LogP contribution in [0.25, 0.3) is 61.0 Å². The lowest BCUT2D eigenvalue weighted by molar-refractivity contribution is 0.501. The number of aryl methyl sites for hydroxylation is 3. The molecule has 0 saturated carbocycles. The van der Waals surface area contributed by atoms with Crippen molar-refractivity contribution in [2.24, 2.45) is 11.8 Å². The molecule has 0 bridgehead atoms. The maximum atomic E-state index is 5.65. The first kappa shape index (κ1) is 73.4. The molecule has 1 aliphatic carbocycles. The van der Waals surface area contributed by atoms with E-state index in [1.165, 1.54) is 77.5 Å². The van der Waals surface area contributed by atoms with Crippen molar-refractivity contribution in [3.63, 3.8) is 0 Å². The predicted octanol–water partition coefficient (Wildman–Crippen LogP) is 25.7.